The zero-order valence-electron chi connectivity index (χ0n) is 11.9. The average Bonchev–Trinajstić information content (AvgIpc) is 2.82. The van der Waals surface area contributed by atoms with Gasteiger partial charge < -0.3 is 10.1 Å². The van der Waals surface area contributed by atoms with E-state index in [0.29, 0.717) is 6.04 Å². The van der Waals surface area contributed by atoms with E-state index in [4.69, 9.17) is 4.74 Å². The molecular formula is C13H26N4O. The van der Waals surface area contributed by atoms with Crippen molar-refractivity contribution >= 4 is 0 Å². The van der Waals surface area contributed by atoms with Gasteiger partial charge in [-0.05, 0) is 33.2 Å². The minimum absolute atomic E-state index is 0.463. The summed E-state index contributed by atoms with van der Waals surface area (Å²) in [6.07, 6.45) is 4.78. The van der Waals surface area contributed by atoms with E-state index in [1.54, 1.807) is 6.33 Å². The highest BCUT2D eigenvalue weighted by atomic mass is 16.5. The summed E-state index contributed by atoms with van der Waals surface area (Å²) < 4.78 is 7.35. The highest BCUT2D eigenvalue weighted by molar-refractivity contribution is 4.89. The molecule has 1 aromatic rings. The van der Waals surface area contributed by atoms with Crippen LogP contribution in [-0.4, -0.2) is 40.6 Å². The van der Waals surface area contributed by atoms with Gasteiger partial charge >= 0.3 is 0 Å². The van der Waals surface area contributed by atoms with Crippen molar-refractivity contribution in [2.45, 2.75) is 52.6 Å². The second-order valence-corrected chi connectivity index (χ2v) is 4.29. The first kappa shape index (κ1) is 15.1. The van der Waals surface area contributed by atoms with E-state index in [1.165, 1.54) is 0 Å². The Morgan fingerprint density at radius 2 is 2.22 bits per heavy atom. The Morgan fingerprint density at radius 3 is 2.89 bits per heavy atom. The van der Waals surface area contributed by atoms with Crippen LogP contribution in [0.3, 0.4) is 0 Å². The van der Waals surface area contributed by atoms with Crippen LogP contribution in [0.5, 0.6) is 0 Å². The fourth-order valence-corrected chi connectivity index (χ4v) is 2.07. The maximum Gasteiger partial charge on any atom is 0.138 e. The summed E-state index contributed by atoms with van der Waals surface area (Å²) >= 11 is 0. The number of aromatic nitrogens is 3. The van der Waals surface area contributed by atoms with E-state index in [1.807, 2.05) is 11.6 Å². The smallest absolute Gasteiger partial charge is 0.138 e. The standard InChI is InChI=1S/C13H26N4O/c1-4-14-12(8-7-9-18-6-3)10-13-15-11-16-17(13)5-2/h11-12,14H,4-10H2,1-3H3. The topological polar surface area (TPSA) is 52.0 Å². The van der Waals surface area contributed by atoms with Crippen molar-refractivity contribution in [2.24, 2.45) is 0 Å². The summed E-state index contributed by atoms with van der Waals surface area (Å²) in [7, 11) is 0. The van der Waals surface area contributed by atoms with Crippen LogP contribution in [0.4, 0.5) is 0 Å². The minimum atomic E-state index is 0.463. The van der Waals surface area contributed by atoms with Crippen LogP contribution >= 0.6 is 0 Å². The van der Waals surface area contributed by atoms with E-state index in [2.05, 4.69) is 29.2 Å². The summed E-state index contributed by atoms with van der Waals surface area (Å²) in [5.41, 5.74) is 0. The van der Waals surface area contributed by atoms with Crippen LogP contribution in [0, 0.1) is 0 Å². The van der Waals surface area contributed by atoms with Crippen LogP contribution in [0.1, 0.15) is 39.4 Å². The number of hydrogen-bond donors (Lipinski definition) is 1. The number of nitrogens with one attached hydrogen (secondary N) is 1. The summed E-state index contributed by atoms with van der Waals surface area (Å²) in [5, 5.41) is 7.72. The Labute approximate surface area is 110 Å². The lowest BCUT2D eigenvalue weighted by atomic mass is 10.1. The monoisotopic (exact) mass is 254 g/mol. The maximum atomic E-state index is 5.38. The van der Waals surface area contributed by atoms with Gasteiger partial charge in [-0.25, -0.2) is 4.98 Å². The lowest BCUT2D eigenvalue weighted by Gasteiger charge is -2.17. The van der Waals surface area contributed by atoms with Gasteiger partial charge in [0.25, 0.3) is 0 Å². The van der Waals surface area contributed by atoms with Gasteiger partial charge in [0.1, 0.15) is 12.2 Å². The number of ether oxygens (including phenoxy) is 1. The molecule has 18 heavy (non-hydrogen) atoms. The second-order valence-electron chi connectivity index (χ2n) is 4.29. The first-order chi connectivity index (χ1) is 8.81. The third-order valence-electron chi connectivity index (χ3n) is 2.96. The number of aryl methyl sites for hydroxylation is 1. The average molecular weight is 254 g/mol. The molecule has 0 bridgehead atoms. The number of likely N-dealkylation sites (N-methyl/N-ethyl adjacent to an activating group) is 1. The number of nitrogens with zero attached hydrogens (tertiary/aromatic N) is 3. The second kappa shape index (κ2) is 9.05. The van der Waals surface area contributed by atoms with Gasteiger partial charge in [0, 0.05) is 32.2 Å². The molecule has 0 fully saturated rings. The van der Waals surface area contributed by atoms with E-state index < -0.39 is 0 Å². The van der Waals surface area contributed by atoms with E-state index in [-0.39, 0.29) is 0 Å². The van der Waals surface area contributed by atoms with Crippen molar-refractivity contribution in [3.8, 4) is 0 Å². The first-order valence-corrected chi connectivity index (χ1v) is 6.99. The Balaban J connectivity index is 2.41. The highest BCUT2D eigenvalue weighted by Crippen LogP contribution is 2.06. The molecule has 0 spiro atoms. The first-order valence-electron chi connectivity index (χ1n) is 6.99. The molecule has 5 heteroatoms. The maximum absolute atomic E-state index is 5.38. The third kappa shape index (κ3) is 5.14. The zero-order chi connectivity index (χ0) is 13.2. The molecule has 1 aromatic heterocycles. The third-order valence-corrected chi connectivity index (χ3v) is 2.96. The van der Waals surface area contributed by atoms with Gasteiger partial charge in [0.05, 0.1) is 0 Å². The molecule has 1 rings (SSSR count). The molecule has 1 atom stereocenters. The van der Waals surface area contributed by atoms with Crippen LogP contribution < -0.4 is 5.32 Å². The Hall–Kier alpha value is -0.940. The Morgan fingerprint density at radius 1 is 1.39 bits per heavy atom. The predicted octanol–water partition coefficient (Wildman–Crippen LogP) is 1.64. The largest absolute Gasteiger partial charge is 0.382 e. The van der Waals surface area contributed by atoms with Gasteiger partial charge in [0.15, 0.2) is 0 Å². The van der Waals surface area contributed by atoms with Crippen molar-refractivity contribution in [2.75, 3.05) is 19.8 Å². The SMILES string of the molecule is CCNC(CCCOCC)Cc1ncnn1CC. The summed E-state index contributed by atoms with van der Waals surface area (Å²) in [6.45, 7) is 9.78. The predicted molar refractivity (Wildman–Crippen MR) is 72.6 cm³/mol. The highest BCUT2D eigenvalue weighted by Gasteiger charge is 2.12. The molecule has 1 heterocycles. The normalized spacial score (nSPS) is 12.8. The molecule has 104 valence electrons. The lowest BCUT2D eigenvalue weighted by molar-refractivity contribution is 0.140. The number of rotatable bonds is 10. The zero-order valence-corrected chi connectivity index (χ0v) is 11.9. The molecule has 5 nitrogen and oxygen atoms in total. The molecule has 0 aromatic carbocycles. The van der Waals surface area contributed by atoms with E-state index in [9.17, 15) is 0 Å². The van der Waals surface area contributed by atoms with Crippen LogP contribution in [0.25, 0.3) is 0 Å². The van der Waals surface area contributed by atoms with Crippen molar-refractivity contribution in [3.05, 3.63) is 12.2 Å². The fourth-order valence-electron chi connectivity index (χ4n) is 2.07. The molecule has 0 aliphatic rings. The summed E-state index contributed by atoms with van der Waals surface area (Å²) in [4.78, 5) is 4.33. The summed E-state index contributed by atoms with van der Waals surface area (Å²) in [5.74, 6) is 1.07. The van der Waals surface area contributed by atoms with Crippen molar-refractivity contribution in [1.82, 2.24) is 20.1 Å². The number of hydrogen-bond acceptors (Lipinski definition) is 4. The molecule has 1 N–H and O–H groups in total. The quantitative estimate of drug-likeness (QED) is 0.645. The van der Waals surface area contributed by atoms with Crippen LogP contribution in [-0.2, 0) is 17.7 Å². The fraction of sp³-hybridized carbons (Fsp3) is 0.846. The molecular weight excluding hydrogens is 228 g/mol. The molecule has 1 unspecified atom stereocenters. The van der Waals surface area contributed by atoms with Gasteiger partial charge in [0.2, 0.25) is 0 Å². The Bertz CT molecular complexity index is 314. The minimum Gasteiger partial charge on any atom is -0.382 e. The van der Waals surface area contributed by atoms with E-state index in [0.717, 1.165) is 51.4 Å². The Kier molecular flexibility index (Phi) is 7.60. The molecule has 0 saturated heterocycles. The lowest BCUT2D eigenvalue weighted by Crippen LogP contribution is -2.32. The van der Waals surface area contributed by atoms with Crippen molar-refractivity contribution in [1.29, 1.82) is 0 Å². The molecule has 0 saturated carbocycles. The van der Waals surface area contributed by atoms with Gasteiger partial charge in [-0.1, -0.05) is 6.92 Å². The molecule has 0 radical (unpaired) electrons. The van der Waals surface area contributed by atoms with E-state index >= 15 is 0 Å². The summed E-state index contributed by atoms with van der Waals surface area (Å²) in [6, 6.07) is 0.463. The molecule has 0 aliphatic heterocycles. The van der Waals surface area contributed by atoms with Crippen LogP contribution in [0.2, 0.25) is 0 Å². The van der Waals surface area contributed by atoms with Gasteiger partial charge in [-0.15, -0.1) is 0 Å². The molecule has 0 aliphatic carbocycles. The van der Waals surface area contributed by atoms with Gasteiger partial charge in [-0.2, -0.15) is 5.10 Å². The molecule has 0 amide bonds. The van der Waals surface area contributed by atoms with Crippen molar-refractivity contribution < 1.29 is 4.74 Å². The van der Waals surface area contributed by atoms with Gasteiger partial charge in [-0.3, -0.25) is 4.68 Å². The van der Waals surface area contributed by atoms with Crippen molar-refractivity contribution in [3.63, 3.8) is 0 Å². The van der Waals surface area contributed by atoms with Crippen LogP contribution in [0.15, 0.2) is 6.33 Å².